The average molecular weight is 368 g/mol. The summed E-state index contributed by atoms with van der Waals surface area (Å²) in [6.07, 6.45) is 0. The maximum atomic E-state index is 12.4. The van der Waals surface area contributed by atoms with E-state index in [4.69, 9.17) is 16.3 Å². The summed E-state index contributed by atoms with van der Waals surface area (Å²) in [5, 5.41) is 4.09. The van der Waals surface area contributed by atoms with E-state index in [0.29, 0.717) is 11.6 Å². The van der Waals surface area contributed by atoms with Gasteiger partial charge in [0.25, 0.3) is 0 Å². The van der Waals surface area contributed by atoms with E-state index in [1.54, 1.807) is 31.4 Å². The fourth-order valence-corrected chi connectivity index (χ4v) is 3.30. The summed E-state index contributed by atoms with van der Waals surface area (Å²) in [5.41, 5.74) is 2.80. The van der Waals surface area contributed by atoms with Gasteiger partial charge in [-0.15, -0.1) is 0 Å². The highest BCUT2D eigenvalue weighted by molar-refractivity contribution is 8.00. The van der Waals surface area contributed by atoms with Gasteiger partial charge in [0.15, 0.2) is 5.16 Å². The molecular formula is C17H22ClN3O2S. The summed E-state index contributed by atoms with van der Waals surface area (Å²) in [6.45, 7) is 7.20. The molecule has 1 heterocycles. The van der Waals surface area contributed by atoms with Gasteiger partial charge in [0.2, 0.25) is 5.91 Å². The van der Waals surface area contributed by atoms with E-state index in [1.165, 1.54) is 11.8 Å². The molecule has 2 rings (SSSR count). The van der Waals surface area contributed by atoms with Crippen LogP contribution in [0.3, 0.4) is 0 Å². The maximum absolute atomic E-state index is 12.4. The Kier molecular flexibility index (Phi) is 6.71. The van der Waals surface area contributed by atoms with Crippen molar-refractivity contribution in [3.8, 4) is 0 Å². The minimum atomic E-state index is -0.275. The lowest BCUT2D eigenvalue weighted by atomic mass is 10.3. The van der Waals surface area contributed by atoms with E-state index in [-0.39, 0.29) is 11.2 Å². The standard InChI is InChI=1S/C17H22ClN3O2S/c1-11-12(2)21(9-10-23-4)17(19-11)24-13(3)16(22)20-15-7-5-14(18)6-8-15/h5-8,13H,9-10H2,1-4H3,(H,20,22). The van der Waals surface area contributed by atoms with Gasteiger partial charge in [0.1, 0.15) is 0 Å². The molecule has 1 N–H and O–H groups in total. The first-order valence-corrected chi connectivity index (χ1v) is 8.94. The second kappa shape index (κ2) is 8.55. The average Bonchev–Trinajstić information content (AvgIpc) is 2.81. The number of carbonyl (C=O) groups is 1. The molecule has 0 radical (unpaired) electrons. The molecule has 130 valence electrons. The Labute approximate surface area is 151 Å². The van der Waals surface area contributed by atoms with E-state index in [9.17, 15) is 4.79 Å². The number of rotatable bonds is 7. The molecule has 1 aromatic heterocycles. The summed E-state index contributed by atoms with van der Waals surface area (Å²) in [7, 11) is 1.67. The molecule has 1 amide bonds. The van der Waals surface area contributed by atoms with Gasteiger partial charge in [0, 0.05) is 30.1 Å². The zero-order chi connectivity index (χ0) is 17.7. The number of imidazole rings is 1. The Morgan fingerprint density at radius 1 is 1.38 bits per heavy atom. The molecule has 7 heteroatoms. The molecule has 0 aliphatic rings. The fraction of sp³-hybridized carbons (Fsp3) is 0.412. The van der Waals surface area contributed by atoms with Crippen molar-refractivity contribution >= 4 is 35.0 Å². The lowest BCUT2D eigenvalue weighted by Gasteiger charge is -2.14. The number of nitrogens with zero attached hydrogens (tertiary/aromatic N) is 2. The van der Waals surface area contributed by atoms with Gasteiger partial charge >= 0.3 is 0 Å². The number of hydrogen-bond acceptors (Lipinski definition) is 4. The highest BCUT2D eigenvalue weighted by Gasteiger charge is 2.19. The van der Waals surface area contributed by atoms with Crippen LogP contribution >= 0.6 is 23.4 Å². The fourth-order valence-electron chi connectivity index (χ4n) is 2.15. The number of ether oxygens (including phenoxy) is 1. The van der Waals surface area contributed by atoms with Crippen LogP contribution in [0.15, 0.2) is 29.4 Å². The predicted octanol–water partition coefficient (Wildman–Crippen LogP) is 3.92. The molecule has 1 aromatic carbocycles. The Hall–Kier alpha value is -1.50. The molecule has 0 fully saturated rings. The number of thioether (sulfide) groups is 1. The summed E-state index contributed by atoms with van der Waals surface area (Å²) in [4.78, 5) is 17.0. The topological polar surface area (TPSA) is 56.1 Å². The summed E-state index contributed by atoms with van der Waals surface area (Å²) in [5.74, 6) is -0.0704. The SMILES string of the molecule is COCCn1c(SC(C)C(=O)Nc2ccc(Cl)cc2)nc(C)c1C. The zero-order valence-corrected chi connectivity index (χ0v) is 15.9. The molecule has 5 nitrogen and oxygen atoms in total. The molecule has 24 heavy (non-hydrogen) atoms. The molecule has 1 atom stereocenters. The Bertz CT molecular complexity index is 701. The number of nitrogens with one attached hydrogen (secondary N) is 1. The van der Waals surface area contributed by atoms with Crippen LogP contribution in [-0.2, 0) is 16.1 Å². The van der Waals surface area contributed by atoms with Crippen molar-refractivity contribution < 1.29 is 9.53 Å². The minimum absolute atomic E-state index is 0.0704. The molecule has 0 bridgehead atoms. The zero-order valence-electron chi connectivity index (χ0n) is 14.3. The minimum Gasteiger partial charge on any atom is -0.383 e. The molecule has 0 saturated carbocycles. The Morgan fingerprint density at radius 3 is 2.67 bits per heavy atom. The van der Waals surface area contributed by atoms with Crippen molar-refractivity contribution in [2.45, 2.75) is 37.7 Å². The van der Waals surface area contributed by atoms with Crippen LogP contribution < -0.4 is 5.32 Å². The number of methoxy groups -OCH3 is 1. The van der Waals surface area contributed by atoms with Gasteiger partial charge in [-0.25, -0.2) is 4.98 Å². The van der Waals surface area contributed by atoms with Gasteiger partial charge in [-0.1, -0.05) is 23.4 Å². The lowest BCUT2D eigenvalue weighted by molar-refractivity contribution is -0.115. The molecule has 0 aliphatic carbocycles. The monoisotopic (exact) mass is 367 g/mol. The number of carbonyl (C=O) groups excluding carboxylic acids is 1. The van der Waals surface area contributed by atoms with E-state index in [0.717, 1.165) is 28.8 Å². The van der Waals surface area contributed by atoms with Crippen LogP contribution in [0.1, 0.15) is 18.3 Å². The molecular weight excluding hydrogens is 346 g/mol. The molecule has 1 unspecified atom stereocenters. The number of anilines is 1. The van der Waals surface area contributed by atoms with Crippen molar-refractivity contribution in [3.05, 3.63) is 40.7 Å². The van der Waals surface area contributed by atoms with Crippen molar-refractivity contribution in [1.82, 2.24) is 9.55 Å². The van der Waals surface area contributed by atoms with E-state index >= 15 is 0 Å². The number of aryl methyl sites for hydroxylation is 1. The van der Waals surface area contributed by atoms with Crippen LogP contribution in [0.2, 0.25) is 5.02 Å². The number of aromatic nitrogens is 2. The highest BCUT2D eigenvalue weighted by Crippen LogP contribution is 2.26. The third-order valence-electron chi connectivity index (χ3n) is 3.70. The Morgan fingerprint density at radius 2 is 2.04 bits per heavy atom. The van der Waals surface area contributed by atoms with Crippen LogP contribution in [0.4, 0.5) is 5.69 Å². The first kappa shape index (κ1) is 18.8. The quantitative estimate of drug-likeness (QED) is 0.753. The smallest absolute Gasteiger partial charge is 0.237 e. The van der Waals surface area contributed by atoms with Crippen molar-refractivity contribution in [1.29, 1.82) is 0 Å². The molecule has 0 aliphatic heterocycles. The third kappa shape index (κ3) is 4.75. The van der Waals surface area contributed by atoms with Gasteiger partial charge in [-0.2, -0.15) is 0 Å². The second-order valence-electron chi connectivity index (χ2n) is 5.47. The summed E-state index contributed by atoms with van der Waals surface area (Å²) >= 11 is 7.30. The van der Waals surface area contributed by atoms with E-state index < -0.39 is 0 Å². The third-order valence-corrected chi connectivity index (χ3v) is 5.05. The van der Waals surface area contributed by atoms with Crippen LogP contribution in [0, 0.1) is 13.8 Å². The van der Waals surface area contributed by atoms with Gasteiger partial charge in [0.05, 0.1) is 17.6 Å². The van der Waals surface area contributed by atoms with Crippen LogP contribution in [-0.4, -0.2) is 34.4 Å². The second-order valence-corrected chi connectivity index (χ2v) is 7.21. The number of halogens is 1. The highest BCUT2D eigenvalue weighted by atomic mass is 35.5. The van der Waals surface area contributed by atoms with E-state index in [2.05, 4.69) is 14.9 Å². The summed E-state index contributed by atoms with van der Waals surface area (Å²) in [6, 6.07) is 7.06. The van der Waals surface area contributed by atoms with Gasteiger partial charge < -0.3 is 14.6 Å². The molecule has 2 aromatic rings. The number of amides is 1. The van der Waals surface area contributed by atoms with Crippen LogP contribution in [0.25, 0.3) is 0 Å². The first-order valence-electron chi connectivity index (χ1n) is 7.68. The van der Waals surface area contributed by atoms with Gasteiger partial charge in [-0.05, 0) is 45.0 Å². The van der Waals surface area contributed by atoms with Gasteiger partial charge in [-0.3, -0.25) is 4.79 Å². The maximum Gasteiger partial charge on any atom is 0.237 e. The number of benzene rings is 1. The molecule has 0 saturated heterocycles. The van der Waals surface area contributed by atoms with Crippen molar-refractivity contribution in [3.63, 3.8) is 0 Å². The first-order chi connectivity index (χ1) is 11.4. The van der Waals surface area contributed by atoms with Crippen molar-refractivity contribution in [2.75, 3.05) is 19.0 Å². The van der Waals surface area contributed by atoms with E-state index in [1.807, 2.05) is 20.8 Å². The van der Waals surface area contributed by atoms with Crippen molar-refractivity contribution in [2.24, 2.45) is 0 Å². The normalized spacial score (nSPS) is 12.2. The largest absolute Gasteiger partial charge is 0.383 e. The summed E-state index contributed by atoms with van der Waals surface area (Å²) < 4.78 is 7.25. The lowest BCUT2D eigenvalue weighted by Crippen LogP contribution is -2.23. The number of hydrogen-bond donors (Lipinski definition) is 1. The predicted molar refractivity (Wildman–Crippen MR) is 99.0 cm³/mol. The molecule has 0 spiro atoms. The Balaban J connectivity index is 2.05. The van der Waals surface area contributed by atoms with Crippen LogP contribution in [0.5, 0.6) is 0 Å².